The van der Waals surface area contributed by atoms with Crippen LogP contribution in [-0.4, -0.2) is 5.87 Å². The van der Waals surface area contributed by atoms with Crippen molar-refractivity contribution in [3.05, 3.63) is 95.6 Å². The molecule has 0 bridgehead atoms. The molecule has 0 amide bonds. The Morgan fingerprint density at radius 3 is 1.92 bits per heavy atom. The van der Waals surface area contributed by atoms with Crippen LogP contribution in [0, 0.1) is 13.8 Å². The number of aliphatic imine (C=N–C) groups is 1. The van der Waals surface area contributed by atoms with Crippen LogP contribution in [0.3, 0.4) is 0 Å². The topological polar surface area (TPSA) is 37.1 Å². The maximum absolute atomic E-state index is 4.42. The van der Waals surface area contributed by atoms with Crippen LogP contribution in [0.4, 0.5) is 11.4 Å². The lowest BCUT2D eigenvalue weighted by molar-refractivity contribution is 1.24. The first-order chi connectivity index (χ1) is 12.2. The van der Waals surface area contributed by atoms with Crippen molar-refractivity contribution in [1.29, 1.82) is 0 Å². The molecule has 0 aliphatic carbocycles. The molecular formula is C22H19N3. The van der Waals surface area contributed by atoms with Gasteiger partial charge in [-0.1, -0.05) is 65.7 Å². The molecular weight excluding hydrogens is 306 g/mol. The summed E-state index contributed by atoms with van der Waals surface area (Å²) in [5.41, 5.74) is 5.56. The predicted octanol–water partition coefficient (Wildman–Crippen LogP) is 6.43. The van der Waals surface area contributed by atoms with Crippen LogP contribution in [0.15, 0.2) is 94.1 Å². The third kappa shape index (κ3) is 4.84. The summed E-state index contributed by atoms with van der Waals surface area (Å²) in [6.07, 6.45) is 0. The van der Waals surface area contributed by atoms with Gasteiger partial charge in [0.05, 0.1) is 11.4 Å². The van der Waals surface area contributed by atoms with E-state index in [1.165, 1.54) is 11.1 Å². The minimum absolute atomic E-state index is 0.601. The zero-order chi connectivity index (χ0) is 17.5. The molecule has 0 aliphatic rings. The summed E-state index contributed by atoms with van der Waals surface area (Å²) in [5, 5.41) is 8.66. The number of hydrogen-bond donors (Lipinski definition) is 0. The average Bonchev–Trinajstić information content (AvgIpc) is 2.65. The van der Waals surface area contributed by atoms with Gasteiger partial charge in [0.2, 0.25) is 0 Å². The highest BCUT2D eigenvalue weighted by Crippen LogP contribution is 2.19. The first kappa shape index (κ1) is 16.6. The molecule has 0 unspecified atom stereocenters. The van der Waals surface area contributed by atoms with E-state index in [9.17, 15) is 0 Å². The molecule has 3 nitrogen and oxygen atoms in total. The highest BCUT2D eigenvalue weighted by molar-refractivity contribution is 5.90. The minimum atomic E-state index is 0.601. The Kier molecular flexibility index (Phi) is 5.30. The van der Waals surface area contributed by atoms with Crippen LogP contribution in [0.1, 0.15) is 16.7 Å². The van der Waals surface area contributed by atoms with Crippen molar-refractivity contribution in [1.82, 2.24) is 0 Å². The standard InChI is InChI=1S/C22H19N3/c1-17-8-12-19(13-9-17)22(25-24-21-6-4-3-5-7-21)16-23-20-14-10-18(2)11-15-20/h3-15H,1-2H3. The minimum Gasteiger partial charge on any atom is -0.204 e. The molecule has 25 heavy (non-hydrogen) atoms. The highest BCUT2D eigenvalue weighted by Gasteiger charge is 2.00. The zero-order valence-corrected chi connectivity index (χ0v) is 14.3. The lowest BCUT2D eigenvalue weighted by atomic mass is 10.1. The first-order valence-corrected chi connectivity index (χ1v) is 8.15. The summed E-state index contributed by atoms with van der Waals surface area (Å²) in [4.78, 5) is 4.42. The Hall–Kier alpha value is -3.29. The molecule has 0 atom stereocenters. The molecule has 0 radical (unpaired) electrons. The molecule has 122 valence electrons. The van der Waals surface area contributed by atoms with Crippen molar-refractivity contribution in [2.75, 3.05) is 0 Å². The summed E-state index contributed by atoms with van der Waals surface area (Å²) >= 11 is 0. The van der Waals surface area contributed by atoms with E-state index in [0.717, 1.165) is 16.9 Å². The van der Waals surface area contributed by atoms with E-state index < -0.39 is 0 Å². The lowest BCUT2D eigenvalue weighted by Crippen LogP contribution is -1.82. The van der Waals surface area contributed by atoms with Crippen molar-refractivity contribution < 1.29 is 0 Å². The second-order valence-corrected chi connectivity index (χ2v) is 5.81. The molecule has 0 fully saturated rings. The molecule has 0 spiro atoms. The number of benzene rings is 3. The molecule has 3 rings (SSSR count). The first-order valence-electron chi connectivity index (χ1n) is 8.15. The lowest BCUT2D eigenvalue weighted by Gasteiger charge is -1.99. The molecule has 0 heterocycles. The normalized spacial score (nSPS) is 10.5. The maximum Gasteiger partial charge on any atom is 0.154 e. The average molecular weight is 325 g/mol. The molecule has 3 aromatic carbocycles. The van der Waals surface area contributed by atoms with Crippen molar-refractivity contribution in [2.24, 2.45) is 15.2 Å². The smallest absolute Gasteiger partial charge is 0.154 e. The summed E-state index contributed by atoms with van der Waals surface area (Å²) in [5.74, 6) is 3.04. The van der Waals surface area contributed by atoms with Crippen LogP contribution in [0.5, 0.6) is 0 Å². The van der Waals surface area contributed by atoms with Crippen molar-refractivity contribution >= 4 is 22.9 Å². The van der Waals surface area contributed by atoms with Crippen molar-refractivity contribution in [2.45, 2.75) is 13.8 Å². The number of hydrogen-bond acceptors (Lipinski definition) is 3. The van der Waals surface area contributed by atoms with Crippen molar-refractivity contribution in [3.8, 4) is 0 Å². The fourth-order valence-corrected chi connectivity index (χ4v) is 2.20. The van der Waals surface area contributed by atoms with E-state index in [1.807, 2.05) is 78.9 Å². The van der Waals surface area contributed by atoms with E-state index >= 15 is 0 Å². The van der Waals surface area contributed by atoms with Gasteiger partial charge >= 0.3 is 0 Å². The van der Waals surface area contributed by atoms with Gasteiger partial charge in [-0.05, 0) is 38.1 Å². The van der Waals surface area contributed by atoms with Gasteiger partial charge in [-0.3, -0.25) is 0 Å². The molecule has 0 aromatic heterocycles. The van der Waals surface area contributed by atoms with Gasteiger partial charge in [-0.15, -0.1) is 10.2 Å². The van der Waals surface area contributed by atoms with Crippen LogP contribution in [-0.2, 0) is 0 Å². The molecule has 0 aliphatic heterocycles. The highest BCUT2D eigenvalue weighted by atomic mass is 15.1. The SMILES string of the molecule is Cc1ccc(N=C=C(N=Nc2ccccc2)c2ccc(C)cc2)cc1. The summed E-state index contributed by atoms with van der Waals surface area (Å²) in [7, 11) is 0. The van der Waals surface area contributed by atoms with E-state index in [-0.39, 0.29) is 0 Å². The quantitative estimate of drug-likeness (QED) is 0.391. The third-order valence-corrected chi connectivity index (χ3v) is 3.67. The van der Waals surface area contributed by atoms with E-state index in [4.69, 9.17) is 0 Å². The van der Waals surface area contributed by atoms with Gasteiger partial charge in [0, 0.05) is 11.4 Å². The third-order valence-electron chi connectivity index (χ3n) is 3.67. The fourth-order valence-electron chi connectivity index (χ4n) is 2.20. The van der Waals surface area contributed by atoms with Crippen LogP contribution >= 0.6 is 0 Å². The predicted molar refractivity (Wildman–Crippen MR) is 104 cm³/mol. The second kappa shape index (κ2) is 8.00. The van der Waals surface area contributed by atoms with Gasteiger partial charge in [0.25, 0.3) is 0 Å². The Labute approximate surface area is 148 Å². The van der Waals surface area contributed by atoms with E-state index in [1.54, 1.807) is 0 Å². The molecule has 3 heteroatoms. The molecule has 0 saturated carbocycles. The number of aryl methyl sites for hydroxylation is 2. The van der Waals surface area contributed by atoms with Crippen molar-refractivity contribution in [3.63, 3.8) is 0 Å². The number of rotatable bonds is 4. The summed E-state index contributed by atoms with van der Waals surface area (Å²) in [6.45, 7) is 4.11. The fraction of sp³-hybridized carbons (Fsp3) is 0.0909. The van der Waals surface area contributed by atoms with Crippen LogP contribution < -0.4 is 0 Å². The number of azo groups is 1. The van der Waals surface area contributed by atoms with Gasteiger partial charge in [0.15, 0.2) is 5.70 Å². The van der Waals surface area contributed by atoms with Gasteiger partial charge in [0.1, 0.15) is 0 Å². The van der Waals surface area contributed by atoms with Crippen LogP contribution in [0.2, 0.25) is 0 Å². The Balaban J connectivity index is 1.99. The second-order valence-electron chi connectivity index (χ2n) is 5.81. The van der Waals surface area contributed by atoms with Crippen LogP contribution in [0.25, 0.3) is 5.70 Å². The largest absolute Gasteiger partial charge is 0.204 e. The summed E-state index contributed by atoms with van der Waals surface area (Å²) < 4.78 is 0. The Morgan fingerprint density at radius 2 is 1.28 bits per heavy atom. The maximum atomic E-state index is 4.42. The van der Waals surface area contributed by atoms with Gasteiger partial charge in [-0.25, -0.2) is 4.99 Å². The summed E-state index contributed by atoms with van der Waals surface area (Å²) in [6, 6.07) is 25.7. The number of nitrogens with zero attached hydrogens (tertiary/aromatic N) is 3. The zero-order valence-electron chi connectivity index (χ0n) is 14.3. The van der Waals surface area contributed by atoms with E-state index in [0.29, 0.717) is 5.70 Å². The van der Waals surface area contributed by atoms with Gasteiger partial charge < -0.3 is 0 Å². The monoisotopic (exact) mass is 325 g/mol. The van der Waals surface area contributed by atoms with E-state index in [2.05, 4.69) is 34.9 Å². The molecule has 0 saturated heterocycles. The Bertz CT molecular complexity index is 915. The molecule has 0 N–H and O–H groups in total. The Morgan fingerprint density at radius 1 is 0.680 bits per heavy atom. The van der Waals surface area contributed by atoms with Gasteiger partial charge in [-0.2, -0.15) is 0 Å². The molecule has 3 aromatic rings.